The van der Waals surface area contributed by atoms with Crippen LogP contribution in [0.2, 0.25) is 13.3 Å². The molecule has 0 aromatic heterocycles. The number of rotatable bonds is 8. The fourth-order valence-corrected chi connectivity index (χ4v) is 9.74. The molecule has 0 saturated carbocycles. The molecule has 0 aromatic rings. The molecule has 0 spiro atoms. The van der Waals surface area contributed by atoms with Crippen LogP contribution in [0, 0.1) is 0 Å². The van der Waals surface area contributed by atoms with Crippen LogP contribution in [0.25, 0.3) is 0 Å². The second kappa shape index (κ2) is 9.56. The van der Waals surface area contributed by atoms with Crippen molar-refractivity contribution >= 4 is 26.0 Å². The molecule has 0 N–H and O–H groups in total. The Bertz CT molecular complexity index is 96.0. The van der Waals surface area contributed by atoms with Crippen LogP contribution in [0.15, 0.2) is 0 Å². The fraction of sp³-hybridized carbons (Fsp3) is 0.900. The average molecular weight is 276 g/mol. The van der Waals surface area contributed by atoms with Gasteiger partial charge in [0.1, 0.15) is 0 Å². The predicted octanol–water partition coefficient (Wildman–Crippen LogP) is 2.92. The van der Waals surface area contributed by atoms with E-state index >= 15 is 0 Å². The SMILES string of the molecule is CCC[CH2][SnH]([CH2][C]=O)[CH2]CCC. The molecule has 0 aromatic carbocycles. The third kappa shape index (κ3) is 7.14. The number of hydrogen-bond donors (Lipinski definition) is 0. The van der Waals surface area contributed by atoms with Gasteiger partial charge in [-0.1, -0.05) is 0 Å². The van der Waals surface area contributed by atoms with E-state index in [0.29, 0.717) is 0 Å². The molecule has 2 heteroatoms. The molecule has 1 nitrogen and oxygen atoms in total. The van der Waals surface area contributed by atoms with E-state index in [-0.39, 0.29) is 0 Å². The summed E-state index contributed by atoms with van der Waals surface area (Å²) in [6, 6.07) is 0. The van der Waals surface area contributed by atoms with Gasteiger partial charge in [0.25, 0.3) is 0 Å². The molecule has 0 atom stereocenters. The van der Waals surface area contributed by atoms with E-state index in [1.807, 2.05) is 0 Å². The zero-order valence-corrected chi connectivity index (χ0v) is 11.7. The molecule has 12 heavy (non-hydrogen) atoms. The Morgan fingerprint density at radius 1 is 1.08 bits per heavy atom. The molecule has 0 aliphatic heterocycles. The van der Waals surface area contributed by atoms with Crippen molar-refractivity contribution in [2.24, 2.45) is 0 Å². The van der Waals surface area contributed by atoms with Crippen molar-refractivity contribution in [1.82, 2.24) is 0 Å². The second-order valence-corrected chi connectivity index (χ2v) is 12.9. The molecule has 0 bridgehead atoms. The summed E-state index contributed by atoms with van der Waals surface area (Å²) in [5.41, 5.74) is 0. The van der Waals surface area contributed by atoms with Crippen molar-refractivity contribution in [3.8, 4) is 0 Å². The van der Waals surface area contributed by atoms with E-state index in [1.54, 1.807) is 0 Å². The molecule has 71 valence electrons. The second-order valence-electron chi connectivity index (χ2n) is 3.50. The molecular weight excluding hydrogens is 255 g/mol. The Labute approximate surface area is 83.7 Å². The summed E-state index contributed by atoms with van der Waals surface area (Å²) in [5.74, 6) is 0. The average Bonchev–Trinajstić information content (AvgIpc) is 2.10. The number of unbranched alkanes of at least 4 members (excludes halogenated alkanes) is 2. The van der Waals surface area contributed by atoms with E-state index < -0.39 is 19.8 Å². The maximum atomic E-state index is 10.3. The van der Waals surface area contributed by atoms with Gasteiger partial charge in [-0.3, -0.25) is 0 Å². The molecule has 0 rings (SSSR count). The summed E-state index contributed by atoms with van der Waals surface area (Å²) < 4.78 is 3.71. The van der Waals surface area contributed by atoms with Gasteiger partial charge in [0.15, 0.2) is 0 Å². The topological polar surface area (TPSA) is 17.1 Å². The van der Waals surface area contributed by atoms with E-state index in [1.165, 1.54) is 34.6 Å². The van der Waals surface area contributed by atoms with Crippen LogP contribution in [0.1, 0.15) is 39.5 Å². The van der Waals surface area contributed by atoms with Gasteiger partial charge in [-0.05, 0) is 0 Å². The van der Waals surface area contributed by atoms with Gasteiger partial charge < -0.3 is 0 Å². The van der Waals surface area contributed by atoms with Crippen LogP contribution in [-0.2, 0) is 4.79 Å². The molecule has 0 heterocycles. The summed E-state index contributed by atoms with van der Waals surface area (Å²) in [5, 5.41) is 0. The fourth-order valence-electron chi connectivity index (χ4n) is 1.45. The van der Waals surface area contributed by atoms with Crippen molar-refractivity contribution in [2.75, 3.05) is 0 Å². The van der Waals surface area contributed by atoms with Gasteiger partial charge in [0, 0.05) is 0 Å². The summed E-state index contributed by atoms with van der Waals surface area (Å²) in [7, 11) is 0. The maximum absolute atomic E-state index is 10.3. The minimum atomic E-state index is -1.36. The first-order valence-corrected chi connectivity index (χ1v) is 12.2. The van der Waals surface area contributed by atoms with Crippen LogP contribution in [-0.4, -0.2) is 26.0 Å². The van der Waals surface area contributed by atoms with Crippen molar-refractivity contribution in [2.45, 2.75) is 52.8 Å². The van der Waals surface area contributed by atoms with Crippen LogP contribution < -0.4 is 0 Å². The predicted molar refractivity (Wildman–Crippen MR) is 57.1 cm³/mol. The molecule has 0 unspecified atom stereocenters. The monoisotopic (exact) mass is 277 g/mol. The van der Waals surface area contributed by atoms with E-state index in [4.69, 9.17) is 0 Å². The van der Waals surface area contributed by atoms with Gasteiger partial charge >= 0.3 is 83.7 Å². The third-order valence-electron chi connectivity index (χ3n) is 2.30. The summed E-state index contributed by atoms with van der Waals surface area (Å²) in [6.07, 6.45) is 7.42. The van der Waals surface area contributed by atoms with E-state index in [0.717, 1.165) is 4.44 Å². The van der Waals surface area contributed by atoms with Gasteiger partial charge in [-0.15, -0.1) is 0 Å². The zero-order valence-electron chi connectivity index (χ0n) is 8.44. The van der Waals surface area contributed by atoms with Gasteiger partial charge in [-0.2, -0.15) is 0 Å². The third-order valence-corrected chi connectivity index (χ3v) is 11.4. The van der Waals surface area contributed by atoms with Crippen LogP contribution in [0.5, 0.6) is 0 Å². The van der Waals surface area contributed by atoms with Gasteiger partial charge in [0.05, 0.1) is 0 Å². The molecule has 0 saturated heterocycles. The first-order valence-electron chi connectivity index (χ1n) is 5.20. The molecule has 0 aliphatic carbocycles. The number of carbonyl (C=O) groups excluding carboxylic acids is 1. The summed E-state index contributed by atoms with van der Waals surface area (Å²) >= 11 is -1.36. The van der Waals surface area contributed by atoms with Gasteiger partial charge in [-0.25, -0.2) is 0 Å². The first kappa shape index (κ1) is 12.5. The molecule has 0 amide bonds. The summed E-state index contributed by atoms with van der Waals surface area (Å²) in [4.78, 5) is 10.3. The van der Waals surface area contributed by atoms with Crippen LogP contribution >= 0.6 is 0 Å². The standard InChI is InChI=1S/2C4H9.C2H2O.Sn.H/c2*1-3-4-2;1-2-3;;/h2*1,3-4H2,2H3;1H2;;. The molecule has 0 fully saturated rings. The zero-order chi connectivity index (χ0) is 9.23. The van der Waals surface area contributed by atoms with Crippen molar-refractivity contribution in [3.05, 3.63) is 0 Å². The Hall–Kier alpha value is 0.469. The van der Waals surface area contributed by atoms with Crippen molar-refractivity contribution in [1.29, 1.82) is 0 Å². The Kier molecular flexibility index (Phi) is 9.93. The minimum absolute atomic E-state index is 0.863. The van der Waals surface area contributed by atoms with E-state index in [2.05, 4.69) is 20.1 Å². The van der Waals surface area contributed by atoms with Crippen LogP contribution in [0.4, 0.5) is 0 Å². The molecule has 0 aliphatic rings. The Morgan fingerprint density at radius 3 is 1.92 bits per heavy atom. The summed E-state index contributed by atoms with van der Waals surface area (Å²) in [6.45, 7) is 4.46. The van der Waals surface area contributed by atoms with Crippen molar-refractivity contribution < 1.29 is 4.79 Å². The Morgan fingerprint density at radius 2 is 1.58 bits per heavy atom. The van der Waals surface area contributed by atoms with Gasteiger partial charge in [0.2, 0.25) is 0 Å². The Balaban J connectivity index is 3.46. The quantitative estimate of drug-likeness (QED) is 0.623. The van der Waals surface area contributed by atoms with Crippen LogP contribution in [0.3, 0.4) is 0 Å². The molecule has 1 radical (unpaired) electrons. The van der Waals surface area contributed by atoms with Crippen molar-refractivity contribution in [3.63, 3.8) is 0 Å². The first-order chi connectivity index (χ1) is 5.85. The van der Waals surface area contributed by atoms with E-state index in [9.17, 15) is 4.79 Å². The normalized spacial score (nSPS) is 10.6. The molecular formula is C10H21OSn. The number of hydrogen-bond acceptors (Lipinski definition) is 1.